The van der Waals surface area contributed by atoms with Gasteiger partial charge in [-0.15, -0.1) is 0 Å². The monoisotopic (exact) mass is 230 g/mol. The van der Waals surface area contributed by atoms with Crippen molar-refractivity contribution in [3.05, 3.63) is 41.5 Å². The van der Waals surface area contributed by atoms with Crippen LogP contribution in [0.2, 0.25) is 0 Å². The van der Waals surface area contributed by atoms with Gasteiger partial charge in [-0.25, -0.2) is 0 Å². The highest BCUT2D eigenvalue weighted by molar-refractivity contribution is 5.95. The van der Waals surface area contributed by atoms with Gasteiger partial charge in [0.1, 0.15) is 0 Å². The second-order valence-electron chi connectivity index (χ2n) is 4.16. The van der Waals surface area contributed by atoms with Gasteiger partial charge in [0.05, 0.1) is 0 Å². The van der Waals surface area contributed by atoms with E-state index in [0.29, 0.717) is 6.54 Å². The lowest BCUT2D eigenvalue weighted by atomic mass is 10.1. The molecule has 1 aliphatic heterocycles. The molecule has 0 aliphatic carbocycles. The number of amides is 1. The molecule has 0 radical (unpaired) electrons. The maximum absolute atomic E-state index is 11.8. The van der Waals surface area contributed by atoms with Crippen LogP contribution >= 0.6 is 0 Å². The topological polar surface area (TPSA) is 41.1 Å². The molecule has 2 N–H and O–H groups in total. The number of carbonyl (C=O) groups is 1. The van der Waals surface area contributed by atoms with Crippen LogP contribution in [0.4, 0.5) is 5.69 Å². The van der Waals surface area contributed by atoms with Crippen molar-refractivity contribution in [2.75, 3.05) is 18.4 Å². The van der Waals surface area contributed by atoms with Gasteiger partial charge in [0.2, 0.25) is 0 Å². The third-order valence-corrected chi connectivity index (χ3v) is 2.91. The third-order valence-electron chi connectivity index (χ3n) is 2.91. The number of carbonyl (C=O) groups excluding carboxylic acids is 1. The van der Waals surface area contributed by atoms with E-state index in [2.05, 4.69) is 10.6 Å². The molecule has 0 fully saturated rings. The Labute approximate surface area is 102 Å². The molecule has 1 amide bonds. The molecule has 0 spiro atoms. The first-order chi connectivity index (χ1) is 8.31. The van der Waals surface area contributed by atoms with E-state index < -0.39 is 0 Å². The molecule has 0 atom stereocenters. The molecule has 0 bridgehead atoms. The zero-order chi connectivity index (χ0) is 12.1. The molecule has 3 nitrogen and oxygen atoms in total. The Hall–Kier alpha value is -1.77. The predicted molar refractivity (Wildman–Crippen MR) is 70.4 cm³/mol. The summed E-state index contributed by atoms with van der Waals surface area (Å²) >= 11 is 0. The summed E-state index contributed by atoms with van der Waals surface area (Å²) in [5.41, 5.74) is 3.14. The van der Waals surface area contributed by atoms with Crippen LogP contribution < -0.4 is 10.6 Å². The quantitative estimate of drug-likeness (QED) is 0.616. The Kier molecular flexibility index (Phi) is 3.81. The van der Waals surface area contributed by atoms with Crippen LogP contribution in [0, 0.1) is 0 Å². The van der Waals surface area contributed by atoms with Gasteiger partial charge in [-0.3, -0.25) is 4.79 Å². The minimum atomic E-state index is 0.00556. The molecule has 1 aliphatic rings. The van der Waals surface area contributed by atoms with Crippen molar-refractivity contribution in [1.82, 2.24) is 5.32 Å². The highest BCUT2D eigenvalue weighted by Gasteiger charge is 2.12. The average molecular weight is 230 g/mol. The van der Waals surface area contributed by atoms with Crippen molar-refractivity contribution >= 4 is 11.6 Å². The summed E-state index contributed by atoms with van der Waals surface area (Å²) in [6, 6.07) is 5.88. The lowest BCUT2D eigenvalue weighted by Gasteiger charge is -2.06. The van der Waals surface area contributed by atoms with E-state index >= 15 is 0 Å². The SMILES string of the molecule is C/C=C/CCNC(=O)c1ccc2c(c1)NCC2. The zero-order valence-electron chi connectivity index (χ0n) is 10.1. The number of nitrogens with one attached hydrogen (secondary N) is 2. The van der Waals surface area contributed by atoms with Gasteiger partial charge in [-0.2, -0.15) is 0 Å². The lowest BCUT2D eigenvalue weighted by Crippen LogP contribution is -2.24. The maximum atomic E-state index is 11.8. The number of allylic oxidation sites excluding steroid dienone is 1. The van der Waals surface area contributed by atoms with Crippen LogP contribution in [0.5, 0.6) is 0 Å². The molecule has 90 valence electrons. The third kappa shape index (κ3) is 2.87. The van der Waals surface area contributed by atoms with E-state index in [1.54, 1.807) is 0 Å². The van der Waals surface area contributed by atoms with Crippen LogP contribution in [0.25, 0.3) is 0 Å². The summed E-state index contributed by atoms with van der Waals surface area (Å²) in [6.07, 6.45) is 5.97. The molecule has 1 aromatic carbocycles. The highest BCUT2D eigenvalue weighted by Crippen LogP contribution is 2.22. The first kappa shape index (κ1) is 11.7. The Morgan fingerprint density at radius 3 is 3.24 bits per heavy atom. The molecule has 0 saturated heterocycles. The summed E-state index contributed by atoms with van der Waals surface area (Å²) in [6.45, 7) is 3.64. The van der Waals surface area contributed by atoms with Gasteiger partial charge in [-0.05, 0) is 37.5 Å². The van der Waals surface area contributed by atoms with Crippen molar-refractivity contribution in [2.45, 2.75) is 19.8 Å². The molecule has 2 rings (SSSR count). The Bertz CT molecular complexity index is 438. The largest absolute Gasteiger partial charge is 0.384 e. The Morgan fingerprint density at radius 1 is 1.53 bits per heavy atom. The number of fused-ring (bicyclic) bond motifs is 1. The molecular formula is C14H18N2O. The van der Waals surface area contributed by atoms with Crippen LogP contribution in [0.15, 0.2) is 30.4 Å². The van der Waals surface area contributed by atoms with Gasteiger partial charge in [-0.1, -0.05) is 18.2 Å². The van der Waals surface area contributed by atoms with E-state index in [9.17, 15) is 4.79 Å². The number of anilines is 1. The number of rotatable bonds is 4. The first-order valence-electron chi connectivity index (χ1n) is 6.07. The smallest absolute Gasteiger partial charge is 0.251 e. The molecule has 1 aromatic rings. The van der Waals surface area contributed by atoms with Crippen molar-refractivity contribution in [3.8, 4) is 0 Å². The van der Waals surface area contributed by atoms with Gasteiger partial charge >= 0.3 is 0 Å². The molecule has 0 unspecified atom stereocenters. The van der Waals surface area contributed by atoms with Crippen molar-refractivity contribution in [2.24, 2.45) is 0 Å². The van der Waals surface area contributed by atoms with E-state index in [1.165, 1.54) is 5.56 Å². The van der Waals surface area contributed by atoms with Gasteiger partial charge < -0.3 is 10.6 Å². The summed E-state index contributed by atoms with van der Waals surface area (Å²) in [7, 11) is 0. The Morgan fingerprint density at radius 2 is 2.41 bits per heavy atom. The first-order valence-corrected chi connectivity index (χ1v) is 6.07. The molecule has 0 aromatic heterocycles. The van der Waals surface area contributed by atoms with Gasteiger partial charge in [0.25, 0.3) is 5.91 Å². The highest BCUT2D eigenvalue weighted by atomic mass is 16.1. The number of hydrogen-bond acceptors (Lipinski definition) is 2. The van der Waals surface area contributed by atoms with Crippen molar-refractivity contribution in [1.29, 1.82) is 0 Å². The van der Waals surface area contributed by atoms with E-state index in [-0.39, 0.29) is 5.91 Å². The van der Waals surface area contributed by atoms with Gasteiger partial charge in [0.15, 0.2) is 0 Å². The standard InChI is InChI=1S/C14H18N2O/c1-2-3-4-8-16-14(17)12-6-5-11-7-9-15-13(11)10-12/h2-3,5-6,10,15H,4,7-9H2,1H3,(H,16,17)/b3-2+. The summed E-state index contributed by atoms with van der Waals surface area (Å²) < 4.78 is 0. The average Bonchev–Trinajstić information content (AvgIpc) is 2.81. The van der Waals surface area contributed by atoms with Crippen LogP contribution in [-0.2, 0) is 6.42 Å². The molecule has 1 heterocycles. The molecular weight excluding hydrogens is 212 g/mol. The fraction of sp³-hybridized carbons (Fsp3) is 0.357. The summed E-state index contributed by atoms with van der Waals surface area (Å²) in [5.74, 6) is 0.00556. The minimum absolute atomic E-state index is 0.00556. The molecule has 17 heavy (non-hydrogen) atoms. The normalized spacial score (nSPS) is 13.5. The minimum Gasteiger partial charge on any atom is -0.384 e. The van der Waals surface area contributed by atoms with E-state index in [4.69, 9.17) is 0 Å². The predicted octanol–water partition coefficient (Wildman–Crippen LogP) is 2.35. The van der Waals surface area contributed by atoms with Crippen LogP contribution in [0.1, 0.15) is 29.3 Å². The summed E-state index contributed by atoms with van der Waals surface area (Å²) in [4.78, 5) is 11.8. The van der Waals surface area contributed by atoms with E-state index in [0.717, 1.165) is 30.6 Å². The number of hydrogen-bond donors (Lipinski definition) is 2. The molecule has 0 saturated carbocycles. The lowest BCUT2D eigenvalue weighted by molar-refractivity contribution is 0.0954. The van der Waals surface area contributed by atoms with Crippen LogP contribution in [-0.4, -0.2) is 19.0 Å². The second-order valence-corrected chi connectivity index (χ2v) is 4.16. The van der Waals surface area contributed by atoms with Crippen molar-refractivity contribution < 1.29 is 4.79 Å². The van der Waals surface area contributed by atoms with E-state index in [1.807, 2.05) is 37.3 Å². The second kappa shape index (κ2) is 5.53. The van der Waals surface area contributed by atoms with Gasteiger partial charge in [0, 0.05) is 24.3 Å². The van der Waals surface area contributed by atoms with Crippen molar-refractivity contribution in [3.63, 3.8) is 0 Å². The summed E-state index contributed by atoms with van der Waals surface area (Å²) in [5, 5.41) is 6.19. The van der Waals surface area contributed by atoms with Crippen LogP contribution in [0.3, 0.4) is 0 Å². The molecule has 3 heteroatoms. The maximum Gasteiger partial charge on any atom is 0.251 e. The number of benzene rings is 1. The fourth-order valence-corrected chi connectivity index (χ4v) is 1.97. The zero-order valence-corrected chi connectivity index (χ0v) is 10.1. The Balaban J connectivity index is 1.95. The fourth-order valence-electron chi connectivity index (χ4n) is 1.97.